The first-order chi connectivity index (χ1) is 11.1. The Morgan fingerprint density at radius 1 is 1.25 bits per heavy atom. The van der Waals surface area contributed by atoms with Crippen molar-refractivity contribution in [2.75, 3.05) is 18.6 Å². The summed E-state index contributed by atoms with van der Waals surface area (Å²) in [7, 11) is -3.18. The molecule has 0 radical (unpaired) electrons. The lowest BCUT2D eigenvalue weighted by molar-refractivity contribution is -0.145. The van der Waals surface area contributed by atoms with Crippen molar-refractivity contribution in [2.45, 2.75) is 25.8 Å². The van der Waals surface area contributed by atoms with E-state index in [1.165, 1.54) is 4.90 Å². The second kappa shape index (κ2) is 7.11. The molecule has 0 aromatic heterocycles. The number of carboxylic acids is 1. The lowest BCUT2D eigenvalue weighted by Crippen LogP contribution is -2.37. The van der Waals surface area contributed by atoms with E-state index in [1.54, 1.807) is 24.3 Å². The predicted molar refractivity (Wildman–Crippen MR) is 90.5 cm³/mol. The molecule has 0 heterocycles. The highest BCUT2D eigenvalue weighted by Gasteiger charge is 2.47. The minimum atomic E-state index is -3.18. The Kier molecular flexibility index (Phi) is 5.55. The summed E-state index contributed by atoms with van der Waals surface area (Å²) >= 11 is 5.82. The normalized spacial score (nSPS) is 15.8. The van der Waals surface area contributed by atoms with Crippen molar-refractivity contribution >= 4 is 33.3 Å². The van der Waals surface area contributed by atoms with E-state index in [2.05, 4.69) is 0 Å². The Morgan fingerprint density at radius 3 is 2.29 bits per heavy atom. The van der Waals surface area contributed by atoms with Gasteiger partial charge in [0, 0.05) is 24.2 Å². The number of hydrogen-bond acceptors (Lipinski definition) is 4. The van der Waals surface area contributed by atoms with Crippen LogP contribution in [-0.4, -0.2) is 48.9 Å². The zero-order valence-corrected chi connectivity index (χ0v) is 14.9. The van der Waals surface area contributed by atoms with Crippen molar-refractivity contribution in [3.63, 3.8) is 0 Å². The van der Waals surface area contributed by atoms with Gasteiger partial charge in [-0.2, -0.15) is 0 Å². The third kappa shape index (κ3) is 5.79. The predicted octanol–water partition coefficient (Wildman–Crippen LogP) is 1.97. The molecule has 1 aliphatic rings. The lowest BCUT2D eigenvalue weighted by Gasteiger charge is -2.23. The van der Waals surface area contributed by atoms with E-state index < -0.39 is 27.8 Å². The summed E-state index contributed by atoms with van der Waals surface area (Å²) in [6.07, 6.45) is 2.56. The van der Waals surface area contributed by atoms with Crippen LogP contribution in [0, 0.1) is 5.41 Å². The summed E-state index contributed by atoms with van der Waals surface area (Å²) in [6.45, 7) is -0.270. The first kappa shape index (κ1) is 18.7. The largest absolute Gasteiger partial charge is 0.480 e. The number of halogens is 1. The standard InChI is InChI=1S/C16H20ClNO5S/c1-24(22,23)11-16(6-7-16)8-14(19)18(10-15(20)21)9-12-2-4-13(17)5-3-12/h2-5H,6-11H2,1H3,(H,20,21). The summed E-state index contributed by atoms with van der Waals surface area (Å²) in [6, 6.07) is 6.81. The molecule has 8 heteroatoms. The van der Waals surface area contributed by atoms with Crippen LogP contribution in [0.15, 0.2) is 24.3 Å². The molecule has 1 aliphatic carbocycles. The number of carbonyl (C=O) groups excluding carboxylic acids is 1. The van der Waals surface area contributed by atoms with Gasteiger partial charge in [-0.1, -0.05) is 23.7 Å². The van der Waals surface area contributed by atoms with Crippen LogP contribution in [0.3, 0.4) is 0 Å². The first-order valence-corrected chi connectivity index (χ1v) is 9.94. The van der Waals surface area contributed by atoms with Crippen LogP contribution in [-0.2, 0) is 26.0 Å². The maximum atomic E-state index is 12.5. The van der Waals surface area contributed by atoms with Gasteiger partial charge >= 0.3 is 5.97 Å². The van der Waals surface area contributed by atoms with Crippen LogP contribution in [0.1, 0.15) is 24.8 Å². The second-order valence-corrected chi connectivity index (χ2v) is 9.09. The SMILES string of the molecule is CS(=O)(=O)CC1(CC(=O)N(CC(=O)O)Cc2ccc(Cl)cc2)CC1. The summed E-state index contributed by atoms with van der Waals surface area (Å²) in [5, 5.41) is 9.60. The molecule has 24 heavy (non-hydrogen) atoms. The Hall–Kier alpha value is -1.60. The van der Waals surface area contributed by atoms with E-state index in [4.69, 9.17) is 16.7 Å². The number of rotatable bonds is 8. The number of nitrogens with zero attached hydrogens (tertiary/aromatic N) is 1. The average molecular weight is 374 g/mol. The quantitative estimate of drug-likeness (QED) is 0.752. The van der Waals surface area contributed by atoms with Gasteiger partial charge in [-0.3, -0.25) is 9.59 Å². The summed E-state index contributed by atoms with van der Waals surface area (Å²) in [5.41, 5.74) is 0.239. The molecule has 0 aliphatic heterocycles. The van der Waals surface area contributed by atoms with E-state index in [0.717, 1.165) is 11.8 Å². The highest BCUT2D eigenvalue weighted by atomic mass is 35.5. The molecule has 2 rings (SSSR count). The average Bonchev–Trinajstić information content (AvgIpc) is 3.16. The van der Waals surface area contributed by atoms with Gasteiger partial charge in [0.25, 0.3) is 0 Å². The van der Waals surface area contributed by atoms with Crippen molar-refractivity contribution in [1.29, 1.82) is 0 Å². The smallest absolute Gasteiger partial charge is 0.323 e. The van der Waals surface area contributed by atoms with Crippen molar-refractivity contribution in [3.8, 4) is 0 Å². The molecule has 1 aromatic rings. The van der Waals surface area contributed by atoms with E-state index in [9.17, 15) is 18.0 Å². The third-order valence-corrected chi connectivity index (χ3v) is 5.41. The number of benzene rings is 1. The number of carboxylic acid groups (broad SMARTS) is 1. The van der Waals surface area contributed by atoms with Crippen molar-refractivity contribution < 1.29 is 23.1 Å². The Balaban J connectivity index is 2.08. The summed E-state index contributed by atoms with van der Waals surface area (Å²) in [5.74, 6) is -1.48. The number of aliphatic carboxylic acids is 1. The first-order valence-electron chi connectivity index (χ1n) is 7.50. The molecule has 1 N–H and O–H groups in total. The lowest BCUT2D eigenvalue weighted by atomic mass is 10.0. The summed E-state index contributed by atoms with van der Waals surface area (Å²) in [4.78, 5) is 24.8. The maximum absolute atomic E-state index is 12.5. The van der Waals surface area contributed by atoms with Crippen LogP contribution in [0.25, 0.3) is 0 Å². The second-order valence-electron chi connectivity index (χ2n) is 6.52. The molecule has 1 aromatic carbocycles. The fourth-order valence-electron chi connectivity index (χ4n) is 2.74. The molecule has 132 valence electrons. The van der Waals surface area contributed by atoms with Gasteiger partial charge in [0.2, 0.25) is 5.91 Å². The molecule has 0 unspecified atom stereocenters. The summed E-state index contributed by atoms with van der Waals surface area (Å²) < 4.78 is 23.0. The Bertz CT molecular complexity index is 725. The van der Waals surface area contributed by atoms with Crippen LogP contribution in [0.2, 0.25) is 5.02 Å². The minimum Gasteiger partial charge on any atom is -0.480 e. The maximum Gasteiger partial charge on any atom is 0.323 e. The fraction of sp³-hybridized carbons (Fsp3) is 0.500. The van der Waals surface area contributed by atoms with Crippen molar-refractivity contribution in [2.24, 2.45) is 5.41 Å². The van der Waals surface area contributed by atoms with Gasteiger partial charge in [0.05, 0.1) is 5.75 Å². The van der Waals surface area contributed by atoms with E-state index in [0.29, 0.717) is 17.9 Å². The van der Waals surface area contributed by atoms with Gasteiger partial charge in [-0.25, -0.2) is 8.42 Å². The number of carbonyl (C=O) groups is 2. The minimum absolute atomic E-state index is 0.0341. The molecule has 0 bridgehead atoms. The van der Waals surface area contributed by atoms with Crippen LogP contribution in [0.4, 0.5) is 0 Å². The zero-order valence-electron chi connectivity index (χ0n) is 13.4. The monoisotopic (exact) mass is 373 g/mol. The molecule has 1 fully saturated rings. The highest BCUT2D eigenvalue weighted by molar-refractivity contribution is 7.90. The van der Waals surface area contributed by atoms with Crippen molar-refractivity contribution in [1.82, 2.24) is 4.90 Å². The van der Waals surface area contributed by atoms with Crippen LogP contribution < -0.4 is 0 Å². The number of amides is 1. The van der Waals surface area contributed by atoms with Gasteiger partial charge < -0.3 is 10.0 Å². The Morgan fingerprint density at radius 2 is 1.83 bits per heavy atom. The van der Waals surface area contributed by atoms with E-state index >= 15 is 0 Å². The fourth-order valence-corrected chi connectivity index (χ4v) is 4.37. The molecule has 0 saturated heterocycles. The van der Waals surface area contributed by atoms with Crippen molar-refractivity contribution in [3.05, 3.63) is 34.9 Å². The number of hydrogen-bond donors (Lipinski definition) is 1. The van der Waals surface area contributed by atoms with E-state index in [-0.39, 0.29) is 24.6 Å². The molecule has 0 spiro atoms. The van der Waals surface area contributed by atoms with Gasteiger partial charge in [-0.05, 0) is 36.0 Å². The zero-order chi connectivity index (χ0) is 18.0. The molecule has 1 saturated carbocycles. The highest BCUT2D eigenvalue weighted by Crippen LogP contribution is 2.50. The molecule has 0 atom stereocenters. The van der Waals surface area contributed by atoms with E-state index in [1.807, 2.05) is 0 Å². The number of sulfone groups is 1. The van der Waals surface area contributed by atoms with Crippen LogP contribution >= 0.6 is 11.6 Å². The van der Waals surface area contributed by atoms with Gasteiger partial charge in [-0.15, -0.1) is 0 Å². The third-order valence-electron chi connectivity index (χ3n) is 4.02. The molecule has 1 amide bonds. The topological polar surface area (TPSA) is 91.8 Å². The van der Waals surface area contributed by atoms with Crippen LogP contribution in [0.5, 0.6) is 0 Å². The Labute approximate surface area is 146 Å². The molecular formula is C16H20ClNO5S. The molecular weight excluding hydrogens is 354 g/mol. The molecule has 6 nitrogen and oxygen atoms in total. The van der Waals surface area contributed by atoms with Gasteiger partial charge in [0.1, 0.15) is 16.4 Å². The van der Waals surface area contributed by atoms with Gasteiger partial charge in [0.15, 0.2) is 0 Å².